The number of hydrogen-bond acceptors (Lipinski definition) is 5. The predicted octanol–water partition coefficient (Wildman–Crippen LogP) is 3.44. The highest BCUT2D eigenvalue weighted by molar-refractivity contribution is 5.82. The number of fused-ring (bicyclic) bond motifs is 1. The monoisotopic (exact) mass is 321 g/mol. The molecular formula is C18H15N3O3. The van der Waals surface area contributed by atoms with Crippen LogP contribution in [0.2, 0.25) is 0 Å². The Hall–Kier alpha value is -3.46. The molecule has 24 heavy (non-hydrogen) atoms. The number of hydrogen-bond donors (Lipinski definition) is 2. The molecular weight excluding hydrogens is 306 g/mol. The quantitative estimate of drug-likeness (QED) is 0.555. The first-order chi connectivity index (χ1) is 11.7. The molecule has 3 aromatic rings. The van der Waals surface area contributed by atoms with Gasteiger partial charge >= 0.3 is 0 Å². The Bertz CT molecular complexity index is 905. The number of nitrogens with zero attached hydrogens (tertiary/aromatic N) is 2. The molecule has 6 nitrogen and oxygen atoms in total. The smallest absolute Gasteiger partial charge is 0.161 e. The van der Waals surface area contributed by atoms with Gasteiger partial charge in [0.2, 0.25) is 0 Å². The molecule has 6 heteroatoms. The van der Waals surface area contributed by atoms with Gasteiger partial charge in [-0.25, -0.2) is 4.98 Å². The average Bonchev–Trinajstić information content (AvgIpc) is 3.04. The van der Waals surface area contributed by atoms with Crippen molar-refractivity contribution >= 4 is 16.6 Å². The van der Waals surface area contributed by atoms with Crippen molar-refractivity contribution in [1.82, 2.24) is 9.97 Å². The van der Waals surface area contributed by atoms with Gasteiger partial charge in [0.1, 0.15) is 18.2 Å². The second kappa shape index (κ2) is 6.75. The molecule has 120 valence electrons. The largest absolute Gasteiger partial charge is 0.507 e. The molecule has 3 rings (SSSR count). The second-order valence-corrected chi connectivity index (χ2v) is 4.98. The number of nitrogens with one attached hydrogen (secondary N) is 1. The molecule has 0 saturated carbocycles. The Morgan fingerprint density at radius 3 is 2.58 bits per heavy atom. The maximum absolute atomic E-state index is 10.2. The van der Waals surface area contributed by atoms with Crippen LogP contribution in [0.1, 0.15) is 5.82 Å². The van der Waals surface area contributed by atoms with E-state index < -0.39 is 0 Å². The van der Waals surface area contributed by atoms with Gasteiger partial charge in [0.15, 0.2) is 23.1 Å². The standard InChI is InChI=1S/C18H15N3O3/c1-23-16-8-4-5-9-17(16)24-11-15(22)12(10-19)18-20-13-6-2-3-7-14(13)21-18/h2-9,22H,11H2,1H3,(H,20,21)/b15-12-. The number of rotatable bonds is 5. The van der Waals surface area contributed by atoms with Gasteiger partial charge in [-0.3, -0.25) is 0 Å². The number of aromatic amines is 1. The Kier molecular flexibility index (Phi) is 4.34. The van der Waals surface area contributed by atoms with Crippen LogP contribution in [-0.2, 0) is 0 Å². The molecule has 0 radical (unpaired) electrons. The molecule has 0 atom stereocenters. The van der Waals surface area contributed by atoms with Gasteiger partial charge in [0.25, 0.3) is 0 Å². The van der Waals surface area contributed by atoms with Gasteiger partial charge in [-0.15, -0.1) is 0 Å². The maximum Gasteiger partial charge on any atom is 0.161 e. The lowest BCUT2D eigenvalue weighted by molar-refractivity contribution is 0.261. The SMILES string of the molecule is COc1ccccc1OC/C(O)=C(\C#N)c1nc2ccccc2[nH]1. The second-order valence-electron chi connectivity index (χ2n) is 4.98. The van der Waals surface area contributed by atoms with Crippen molar-refractivity contribution in [2.75, 3.05) is 13.7 Å². The van der Waals surface area contributed by atoms with Crippen molar-refractivity contribution in [3.8, 4) is 17.6 Å². The van der Waals surface area contributed by atoms with Gasteiger partial charge in [0, 0.05) is 0 Å². The Morgan fingerprint density at radius 2 is 1.88 bits per heavy atom. The van der Waals surface area contributed by atoms with Gasteiger partial charge in [-0.05, 0) is 24.3 Å². The molecule has 0 bridgehead atoms. The molecule has 0 unspecified atom stereocenters. The van der Waals surface area contributed by atoms with E-state index in [-0.39, 0.29) is 17.9 Å². The lowest BCUT2D eigenvalue weighted by Gasteiger charge is -2.10. The Labute approximate surface area is 138 Å². The minimum atomic E-state index is -0.206. The van der Waals surface area contributed by atoms with Crippen LogP contribution in [0.5, 0.6) is 11.5 Å². The molecule has 2 aromatic carbocycles. The average molecular weight is 321 g/mol. The van der Waals surface area contributed by atoms with Crippen LogP contribution in [-0.4, -0.2) is 28.8 Å². The number of methoxy groups -OCH3 is 1. The normalized spacial score (nSPS) is 11.7. The fourth-order valence-corrected chi connectivity index (χ4v) is 2.28. The number of benzene rings is 2. The number of imidazole rings is 1. The van der Waals surface area contributed by atoms with Gasteiger partial charge in [0.05, 0.1) is 18.1 Å². The topological polar surface area (TPSA) is 91.2 Å². The van der Waals surface area contributed by atoms with Crippen LogP contribution < -0.4 is 9.47 Å². The molecule has 1 aromatic heterocycles. The lowest BCUT2D eigenvalue weighted by atomic mass is 10.2. The molecule has 0 saturated heterocycles. The molecule has 0 aliphatic heterocycles. The highest BCUT2D eigenvalue weighted by atomic mass is 16.5. The number of allylic oxidation sites excluding steroid dienone is 1. The number of aliphatic hydroxyl groups is 1. The van der Waals surface area contributed by atoms with E-state index in [2.05, 4.69) is 9.97 Å². The van der Waals surface area contributed by atoms with E-state index in [1.54, 1.807) is 18.2 Å². The minimum Gasteiger partial charge on any atom is -0.507 e. The third-order valence-electron chi connectivity index (χ3n) is 3.46. The van der Waals surface area contributed by atoms with E-state index in [4.69, 9.17) is 9.47 Å². The fourth-order valence-electron chi connectivity index (χ4n) is 2.28. The van der Waals surface area contributed by atoms with Crippen molar-refractivity contribution in [3.05, 3.63) is 60.1 Å². The van der Waals surface area contributed by atoms with Crippen molar-refractivity contribution in [2.24, 2.45) is 0 Å². The van der Waals surface area contributed by atoms with Crippen LogP contribution in [0.25, 0.3) is 16.6 Å². The number of aromatic nitrogens is 2. The van der Waals surface area contributed by atoms with Crippen molar-refractivity contribution in [2.45, 2.75) is 0 Å². The fraction of sp³-hybridized carbons (Fsp3) is 0.111. The molecule has 2 N–H and O–H groups in total. The zero-order valence-electron chi connectivity index (χ0n) is 13.0. The summed E-state index contributed by atoms with van der Waals surface area (Å²) in [7, 11) is 1.53. The van der Waals surface area contributed by atoms with Gasteiger partial charge < -0.3 is 19.6 Å². The van der Waals surface area contributed by atoms with E-state index in [1.165, 1.54) is 7.11 Å². The summed E-state index contributed by atoms with van der Waals surface area (Å²) in [6.45, 7) is -0.166. The van der Waals surface area contributed by atoms with Crippen LogP contribution >= 0.6 is 0 Å². The summed E-state index contributed by atoms with van der Waals surface area (Å²) in [5.41, 5.74) is 1.55. The third-order valence-corrected chi connectivity index (χ3v) is 3.46. The van der Waals surface area contributed by atoms with Crippen LogP contribution in [0.3, 0.4) is 0 Å². The van der Waals surface area contributed by atoms with Crippen LogP contribution in [0, 0.1) is 11.3 Å². The summed E-state index contributed by atoms with van der Waals surface area (Å²) in [4.78, 5) is 7.33. The summed E-state index contributed by atoms with van der Waals surface area (Å²) >= 11 is 0. The van der Waals surface area contributed by atoms with Crippen molar-refractivity contribution in [1.29, 1.82) is 5.26 Å². The predicted molar refractivity (Wildman–Crippen MR) is 89.7 cm³/mol. The van der Waals surface area contributed by atoms with Crippen LogP contribution in [0.15, 0.2) is 54.3 Å². The zero-order chi connectivity index (χ0) is 16.9. The highest BCUT2D eigenvalue weighted by Gasteiger charge is 2.14. The lowest BCUT2D eigenvalue weighted by Crippen LogP contribution is -2.05. The highest BCUT2D eigenvalue weighted by Crippen LogP contribution is 2.26. The number of para-hydroxylation sites is 4. The Morgan fingerprint density at radius 1 is 1.17 bits per heavy atom. The molecule has 0 spiro atoms. The number of ether oxygens (including phenoxy) is 2. The summed E-state index contributed by atoms with van der Waals surface area (Å²) in [6.07, 6.45) is 0. The van der Waals surface area contributed by atoms with Gasteiger partial charge in [-0.2, -0.15) is 5.26 Å². The summed E-state index contributed by atoms with van der Waals surface area (Å²) in [6, 6.07) is 16.4. The van der Waals surface area contributed by atoms with Gasteiger partial charge in [-0.1, -0.05) is 24.3 Å². The van der Waals surface area contributed by atoms with E-state index in [9.17, 15) is 10.4 Å². The maximum atomic E-state index is 10.2. The van der Waals surface area contributed by atoms with Crippen LogP contribution in [0.4, 0.5) is 0 Å². The van der Waals surface area contributed by atoms with E-state index in [0.717, 1.165) is 11.0 Å². The molecule has 1 heterocycles. The third kappa shape index (κ3) is 3.01. The number of nitriles is 1. The molecule has 0 amide bonds. The van der Waals surface area contributed by atoms with Crippen molar-refractivity contribution in [3.63, 3.8) is 0 Å². The molecule has 0 fully saturated rings. The zero-order valence-corrected chi connectivity index (χ0v) is 13.0. The summed E-state index contributed by atoms with van der Waals surface area (Å²) in [5.74, 6) is 1.13. The van der Waals surface area contributed by atoms with E-state index in [0.29, 0.717) is 17.3 Å². The first-order valence-electron chi connectivity index (χ1n) is 7.26. The minimum absolute atomic E-state index is 0.0427. The number of H-pyrrole nitrogens is 1. The van der Waals surface area contributed by atoms with E-state index in [1.807, 2.05) is 36.4 Å². The van der Waals surface area contributed by atoms with Crippen molar-refractivity contribution < 1.29 is 14.6 Å². The summed E-state index contributed by atoms with van der Waals surface area (Å²) in [5, 5.41) is 19.6. The summed E-state index contributed by atoms with van der Waals surface area (Å²) < 4.78 is 10.7. The number of aliphatic hydroxyl groups excluding tert-OH is 1. The first-order valence-corrected chi connectivity index (χ1v) is 7.26. The first kappa shape index (κ1) is 15.4. The van der Waals surface area contributed by atoms with E-state index >= 15 is 0 Å². The molecule has 0 aliphatic rings. The molecule has 0 aliphatic carbocycles. The Balaban J connectivity index is 1.86.